The summed E-state index contributed by atoms with van der Waals surface area (Å²) in [5, 5.41) is 3.05. The Kier molecular flexibility index (Phi) is 8.89. The second-order valence-corrected chi connectivity index (χ2v) is 11.4. The molecule has 2 aromatic carbocycles. The Morgan fingerprint density at radius 1 is 1.06 bits per heavy atom. The lowest BCUT2D eigenvalue weighted by molar-refractivity contribution is -0.139. The number of nitrogens with one attached hydrogen (secondary N) is 1. The molecule has 0 bridgehead atoms. The van der Waals surface area contributed by atoms with Crippen molar-refractivity contribution in [1.29, 1.82) is 0 Å². The van der Waals surface area contributed by atoms with Crippen molar-refractivity contribution in [2.24, 2.45) is 0 Å². The van der Waals surface area contributed by atoms with Crippen molar-refractivity contribution in [2.75, 3.05) is 17.1 Å². The Morgan fingerprint density at radius 3 is 2.33 bits per heavy atom. The Labute approximate surface area is 213 Å². The Hall–Kier alpha value is -3.20. The van der Waals surface area contributed by atoms with Gasteiger partial charge in [-0.05, 0) is 56.9 Å². The van der Waals surface area contributed by atoms with Gasteiger partial charge in [-0.2, -0.15) is 0 Å². The van der Waals surface area contributed by atoms with E-state index in [1.54, 1.807) is 25.1 Å². The van der Waals surface area contributed by atoms with Crippen LogP contribution in [-0.4, -0.2) is 55.8 Å². The number of ketones is 1. The molecule has 0 aliphatic heterocycles. The van der Waals surface area contributed by atoms with E-state index in [1.807, 2.05) is 31.2 Å². The first-order valence-electron chi connectivity index (χ1n) is 12.2. The highest BCUT2D eigenvalue weighted by Crippen LogP contribution is 2.22. The van der Waals surface area contributed by atoms with Gasteiger partial charge in [-0.3, -0.25) is 18.7 Å². The molecule has 1 aliphatic rings. The van der Waals surface area contributed by atoms with Crippen molar-refractivity contribution < 1.29 is 22.8 Å². The first kappa shape index (κ1) is 27.4. The van der Waals surface area contributed by atoms with E-state index in [0.29, 0.717) is 5.56 Å². The maximum Gasteiger partial charge on any atom is 0.244 e. The van der Waals surface area contributed by atoms with Crippen molar-refractivity contribution in [3.63, 3.8) is 0 Å². The summed E-state index contributed by atoms with van der Waals surface area (Å²) in [6, 6.07) is 13.0. The van der Waals surface area contributed by atoms with Gasteiger partial charge >= 0.3 is 0 Å². The van der Waals surface area contributed by atoms with E-state index in [4.69, 9.17) is 0 Å². The molecule has 36 heavy (non-hydrogen) atoms. The van der Waals surface area contributed by atoms with Gasteiger partial charge in [-0.25, -0.2) is 8.42 Å². The van der Waals surface area contributed by atoms with Gasteiger partial charge in [0.05, 0.1) is 11.9 Å². The molecular weight excluding hydrogens is 478 g/mol. The number of rotatable bonds is 10. The van der Waals surface area contributed by atoms with Gasteiger partial charge in [0.25, 0.3) is 0 Å². The van der Waals surface area contributed by atoms with Crippen LogP contribution < -0.4 is 9.62 Å². The summed E-state index contributed by atoms with van der Waals surface area (Å²) in [6.07, 6.45) is 4.97. The number of Topliss-reactive ketones (excluding diaryl/α,β-unsaturated/α-hetero) is 1. The summed E-state index contributed by atoms with van der Waals surface area (Å²) in [6.45, 7) is 4.66. The van der Waals surface area contributed by atoms with Crippen LogP contribution in [0.4, 0.5) is 5.69 Å². The molecule has 0 unspecified atom stereocenters. The lowest BCUT2D eigenvalue weighted by Gasteiger charge is -2.32. The third kappa shape index (κ3) is 6.94. The molecule has 3 rings (SSSR count). The molecule has 1 aliphatic carbocycles. The zero-order valence-corrected chi connectivity index (χ0v) is 22.2. The Bertz CT molecular complexity index is 1220. The summed E-state index contributed by atoms with van der Waals surface area (Å²) in [5.41, 5.74) is 2.40. The first-order chi connectivity index (χ1) is 17.0. The molecule has 0 saturated heterocycles. The molecule has 0 spiro atoms. The second kappa shape index (κ2) is 11.7. The Morgan fingerprint density at radius 2 is 1.72 bits per heavy atom. The zero-order chi connectivity index (χ0) is 26.5. The van der Waals surface area contributed by atoms with E-state index in [-0.39, 0.29) is 30.0 Å². The number of benzene rings is 2. The fraction of sp³-hybridized carbons (Fsp3) is 0.444. The van der Waals surface area contributed by atoms with Crippen LogP contribution in [-0.2, 0) is 26.2 Å². The third-order valence-electron chi connectivity index (χ3n) is 6.69. The fourth-order valence-electron chi connectivity index (χ4n) is 4.44. The van der Waals surface area contributed by atoms with E-state index < -0.39 is 28.5 Å². The molecule has 0 heterocycles. The molecule has 0 radical (unpaired) electrons. The lowest BCUT2D eigenvalue weighted by atomic mass is 10.1. The number of amides is 2. The van der Waals surface area contributed by atoms with Crippen LogP contribution in [0.25, 0.3) is 0 Å². The number of sulfonamides is 1. The molecule has 1 atom stereocenters. The molecule has 2 aromatic rings. The monoisotopic (exact) mass is 513 g/mol. The van der Waals surface area contributed by atoms with Crippen molar-refractivity contribution in [3.05, 3.63) is 65.2 Å². The topological polar surface area (TPSA) is 104 Å². The number of hydrogen-bond donors (Lipinski definition) is 1. The molecule has 194 valence electrons. The Balaban J connectivity index is 1.91. The number of carbonyl (C=O) groups is 3. The van der Waals surface area contributed by atoms with Crippen molar-refractivity contribution in [3.8, 4) is 0 Å². The quantitative estimate of drug-likeness (QED) is 0.490. The normalized spacial score (nSPS) is 14.8. The van der Waals surface area contributed by atoms with Crippen LogP contribution in [0.1, 0.15) is 61.0 Å². The van der Waals surface area contributed by atoms with E-state index >= 15 is 0 Å². The summed E-state index contributed by atoms with van der Waals surface area (Å²) in [4.78, 5) is 40.1. The molecular formula is C27H35N3O5S. The summed E-state index contributed by atoms with van der Waals surface area (Å²) in [5.74, 6) is -0.977. The standard InChI is InChI=1S/C27H35N3O5S/c1-19-10-5-6-11-23(19)17-29(20(2)27(33)28-24-13-7-8-14-24)26(32)18-30(36(4,34)35)25-15-9-12-22(16-25)21(3)31/h5-6,9-12,15-16,20,24H,7-8,13-14,17-18H2,1-4H3,(H,28,33)/t20-/m0/s1. The minimum absolute atomic E-state index is 0.0946. The molecule has 1 N–H and O–H groups in total. The maximum absolute atomic E-state index is 13.7. The first-order valence-corrected chi connectivity index (χ1v) is 14.0. The van der Waals surface area contributed by atoms with Crippen LogP contribution in [0.3, 0.4) is 0 Å². The van der Waals surface area contributed by atoms with Gasteiger partial charge in [0, 0.05) is 18.2 Å². The van der Waals surface area contributed by atoms with E-state index in [9.17, 15) is 22.8 Å². The number of nitrogens with zero attached hydrogens (tertiary/aromatic N) is 2. The molecule has 1 saturated carbocycles. The maximum atomic E-state index is 13.7. The van der Waals surface area contributed by atoms with E-state index in [1.165, 1.54) is 17.9 Å². The molecule has 0 aromatic heterocycles. The largest absolute Gasteiger partial charge is 0.352 e. The fourth-order valence-corrected chi connectivity index (χ4v) is 5.28. The highest BCUT2D eigenvalue weighted by molar-refractivity contribution is 7.92. The van der Waals surface area contributed by atoms with Crippen LogP contribution in [0.2, 0.25) is 0 Å². The third-order valence-corrected chi connectivity index (χ3v) is 7.83. The SMILES string of the molecule is CC(=O)c1cccc(N(CC(=O)N(Cc2ccccc2C)[C@@H](C)C(=O)NC2CCCC2)S(C)(=O)=O)c1. The van der Waals surface area contributed by atoms with Crippen LogP contribution in [0.5, 0.6) is 0 Å². The van der Waals surface area contributed by atoms with Gasteiger partial charge < -0.3 is 10.2 Å². The van der Waals surface area contributed by atoms with Gasteiger partial charge in [0.1, 0.15) is 12.6 Å². The highest BCUT2D eigenvalue weighted by atomic mass is 32.2. The number of hydrogen-bond acceptors (Lipinski definition) is 5. The van der Waals surface area contributed by atoms with Gasteiger partial charge in [-0.1, -0.05) is 49.2 Å². The van der Waals surface area contributed by atoms with Crippen molar-refractivity contribution in [1.82, 2.24) is 10.2 Å². The lowest BCUT2D eigenvalue weighted by Crippen LogP contribution is -2.52. The van der Waals surface area contributed by atoms with Gasteiger partial charge in [0.15, 0.2) is 5.78 Å². The van der Waals surface area contributed by atoms with Crippen molar-refractivity contribution >= 4 is 33.3 Å². The molecule has 2 amide bonds. The smallest absolute Gasteiger partial charge is 0.244 e. The van der Waals surface area contributed by atoms with Crippen molar-refractivity contribution in [2.45, 2.75) is 65.1 Å². The average molecular weight is 514 g/mol. The zero-order valence-electron chi connectivity index (χ0n) is 21.4. The van der Waals surface area contributed by atoms with Gasteiger partial charge in [-0.15, -0.1) is 0 Å². The van der Waals surface area contributed by atoms with Crippen LogP contribution >= 0.6 is 0 Å². The van der Waals surface area contributed by atoms with E-state index in [0.717, 1.165) is 47.4 Å². The minimum atomic E-state index is -3.86. The predicted molar refractivity (Wildman–Crippen MR) is 140 cm³/mol. The minimum Gasteiger partial charge on any atom is -0.352 e. The molecule has 8 nitrogen and oxygen atoms in total. The number of carbonyl (C=O) groups excluding carboxylic acids is 3. The second-order valence-electron chi connectivity index (χ2n) is 9.49. The summed E-state index contributed by atoms with van der Waals surface area (Å²) in [7, 11) is -3.86. The predicted octanol–water partition coefficient (Wildman–Crippen LogP) is 3.44. The number of anilines is 1. The summed E-state index contributed by atoms with van der Waals surface area (Å²) >= 11 is 0. The average Bonchev–Trinajstić information content (AvgIpc) is 3.33. The summed E-state index contributed by atoms with van der Waals surface area (Å²) < 4.78 is 26.4. The van der Waals surface area contributed by atoms with Crippen LogP contribution in [0.15, 0.2) is 48.5 Å². The number of aryl methyl sites for hydroxylation is 1. The molecule has 1 fully saturated rings. The molecule has 9 heteroatoms. The highest BCUT2D eigenvalue weighted by Gasteiger charge is 2.31. The van der Waals surface area contributed by atoms with Gasteiger partial charge in [0.2, 0.25) is 21.8 Å². The van der Waals surface area contributed by atoms with E-state index in [2.05, 4.69) is 5.32 Å². The van der Waals surface area contributed by atoms with Crippen LogP contribution in [0, 0.1) is 6.92 Å².